The molecule has 2 heterocycles. The normalized spacial score (nSPS) is 14.2. The van der Waals surface area contributed by atoms with Gasteiger partial charge in [0.15, 0.2) is 0 Å². The van der Waals surface area contributed by atoms with Crippen molar-refractivity contribution >= 4 is 30.0 Å². The number of amides is 2. The summed E-state index contributed by atoms with van der Waals surface area (Å²) in [5, 5.41) is 2.95. The summed E-state index contributed by atoms with van der Waals surface area (Å²) in [6.45, 7) is 6.79. The van der Waals surface area contributed by atoms with Gasteiger partial charge in [0.2, 0.25) is 5.88 Å². The lowest BCUT2D eigenvalue weighted by molar-refractivity contribution is 0.208. The molecular formula is C20H26N4O2S. The van der Waals surface area contributed by atoms with Crippen LogP contribution in [-0.2, 0) is 5.75 Å². The van der Waals surface area contributed by atoms with Crippen LogP contribution < -0.4 is 15.0 Å². The number of urea groups is 1. The Kier molecular flexibility index (Phi) is 6.11. The van der Waals surface area contributed by atoms with E-state index in [9.17, 15) is 4.79 Å². The maximum Gasteiger partial charge on any atom is 0.322 e. The third kappa shape index (κ3) is 4.30. The molecule has 1 aromatic carbocycles. The number of aryl methyl sites for hydroxylation is 2. The van der Waals surface area contributed by atoms with Gasteiger partial charge < -0.3 is 19.9 Å². The molecule has 2 aromatic rings. The standard InChI is InChI=1S/C20H26N4O2S/c1-14-12-17(19(26-3)21-15(14)2)22-20(25)24-10-8-23(9-11-24)18-7-5-4-6-16(18)13-27/h4-7,12,27H,8-11,13H2,1-3H3,(H,22,25). The van der Waals surface area contributed by atoms with Gasteiger partial charge in [-0.15, -0.1) is 0 Å². The van der Waals surface area contributed by atoms with E-state index >= 15 is 0 Å². The third-order valence-electron chi connectivity index (χ3n) is 4.94. The highest BCUT2D eigenvalue weighted by Gasteiger charge is 2.23. The molecule has 27 heavy (non-hydrogen) atoms. The van der Waals surface area contributed by atoms with Gasteiger partial charge in [0.25, 0.3) is 0 Å². The molecule has 1 fully saturated rings. The van der Waals surface area contributed by atoms with Crippen molar-refractivity contribution in [3.8, 4) is 5.88 Å². The van der Waals surface area contributed by atoms with Gasteiger partial charge in [-0.3, -0.25) is 0 Å². The van der Waals surface area contributed by atoms with Gasteiger partial charge in [-0.05, 0) is 37.1 Å². The summed E-state index contributed by atoms with van der Waals surface area (Å²) < 4.78 is 5.31. The van der Waals surface area contributed by atoms with Gasteiger partial charge in [-0.1, -0.05) is 18.2 Å². The number of para-hydroxylation sites is 1. The minimum absolute atomic E-state index is 0.125. The van der Waals surface area contributed by atoms with Crippen molar-refractivity contribution in [3.63, 3.8) is 0 Å². The Bertz CT molecular complexity index is 820. The molecule has 1 aliphatic heterocycles. The Labute approximate surface area is 165 Å². The van der Waals surface area contributed by atoms with Crippen LogP contribution in [0, 0.1) is 13.8 Å². The number of thiol groups is 1. The zero-order valence-corrected chi connectivity index (χ0v) is 16.9. The van der Waals surface area contributed by atoms with Crippen LogP contribution in [-0.4, -0.2) is 49.2 Å². The largest absolute Gasteiger partial charge is 0.480 e. The van der Waals surface area contributed by atoms with E-state index < -0.39 is 0 Å². The topological polar surface area (TPSA) is 57.7 Å². The molecule has 7 heteroatoms. The van der Waals surface area contributed by atoms with E-state index in [2.05, 4.69) is 40.0 Å². The number of hydrogen-bond donors (Lipinski definition) is 2. The number of benzene rings is 1. The lowest BCUT2D eigenvalue weighted by atomic mass is 10.1. The maximum absolute atomic E-state index is 12.7. The molecule has 1 aromatic heterocycles. The second-order valence-electron chi connectivity index (χ2n) is 6.64. The summed E-state index contributed by atoms with van der Waals surface area (Å²) in [6, 6.07) is 10.1. The highest BCUT2D eigenvalue weighted by atomic mass is 32.1. The molecule has 1 aliphatic rings. The average Bonchev–Trinajstić information content (AvgIpc) is 2.70. The first kappa shape index (κ1) is 19.4. The molecule has 1 N–H and O–H groups in total. The molecule has 0 spiro atoms. The second kappa shape index (κ2) is 8.52. The van der Waals surface area contributed by atoms with Gasteiger partial charge in [-0.25, -0.2) is 9.78 Å². The number of nitrogens with one attached hydrogen (secondary N) is 1. The summed E-state index contributed by atoms with van der Waals surface area (Å²) in [7, 11) is 1.56. The number of hydrogen-bond acceptors (Lipinski definition) is 5. The smallest absolute Gasteiger partial charge is 0.322 e. The zero-order valence-electron chi connectivity index (χ0n) is 16.0. The molecule has 0 aliphatic carbocycles. The van der Waals surface area contributed by atoms with Crippen molar-refractivity contribution in [3.05, 3.63) is 47.2 Å². The van der Waals surface area contributed by atoms with E-state index in [0.29, 0.717) is 30.4 Å². The fourth-order valence-electron chi connectivity index (χ4n) is 3.23. The first-order valence-corrected chi connectivity index (χ1v) is 9.68. The summed E-state index contributed by atoms with van der Waals surface area (Å²) in [6.07, 6.45) is 0. The first-order valence-electron chi connectivity index (χ1n) is 9.05. The summed E-state index contributed by atoms with van der Waals surface area (Å²) in [5.41, 5.74) is 4.92. The van der Waals surface area contributed by atoms with Crippen LogP contribution in [0.5, 0.6) is 5.88 Å². The van der Waals surface area contributed by atoms with E-state index in [0.717, 1.165) is 24.3 Å². The van der Waals surface area contributed by atoms with Gasteiger partial charge >= 0.3 is 6.03 Å². The molecule has 1 saturated heterocycles. The number of rotatable bonds is 4. The first-order chi connectivity index (χ1) is 13.0. The van der Waals surface area contributed by atoms with Gasteiger partial charge in [0.1, 0.15) is 5.69 Å². The van der Waals surface area contributed by atoms with E-state index in [1.165, 1.54) is 11.3 Å². The highest BCUT2D eigenvalue weighted by molar-refractivity contribution is 7.79. The quantitative estimate of drug-likeness (QED) is 0.790. The Morgan fingerprint density at radius 1 is 1.22 bits per heavy atom. The molecule has 144 valence electrons. The van der Waals surface area contributed by atoms with Crippen molar-refractivity contribution in [2.24, 2.45) is 0 Å². The summed E-state index contributed by atoms with van der Waals surface area (Å²) in [5.74, 6) is 1.14. The van der Waals surface area contributed by atoms with Crippen molar-refractivity contribution in [1.29, 1.82) is 0 Å². The van der Waals surface area contributed by atoms with Gasteiger partial charge in [0, 0.05) is 43.3 Å². The second-order valence-corrected chi connectivity index (χ2v) is 6.95. The van der Waals surface area contributed by atoms with Gasteiger partial charge in [0.05, 0.1) is 7.11 Å². The predicted octanol–water partition coefficient (Wildman–Crippen LogP) is 3.49. The van der Waals surface area contributed by atoms with E-state index in [1.807, 2.05) is 36.9 Å². The van der Waals surface area contributed by atoms with Crippen molar-refractivity contribution in [1.82, 2.24) is 9.88 Å². The molecule has 0 radical (unpaired) electrons. The SMILES string of the molecule is COc1nc(C)c(C)cc1NC(=O)N1CCN(c2ccccc2CS)CC1. The number of aromatic nitrogens is 1. The van der Waals surface area contributed by atoms with Gasteiger partial charge in [-0.2, -0.15) is 12.6 Å². The minimum Gasteiger partial charge on any atom is -0.480 e. The number of nitrogens with zero attached hydrogens (tertiary/aromatic N) is 3. The number of carbonyl (C=O) groups is 1. The Morgan fingerprint density at radius 2 is 1.93 bits per heavy atom. The molecule has 2 amide bonds. The Balaban J connectivity index is 1.65. The van der Waals surface area contributed by atoms with Crippen LogP contribution in [0.4, 0.5) is 16.2 Å². The Hall–Kier alpha value is -2.41. The number of piperazine rings is 1. The van der Waals surface area contributed by atoms with Crippen LogP contribution in [0.25, 0.3) is 0 Å². The van der Waals surface area contributed by atoms with Crippen LogP contribution in [0.3, 0.4) is 0 Å². The van der Waals surface area contributed by atoms with E-state index in [1.54, 1.807) is 7.11 Å². The third-order valence-corrected chi connectivity index (χ3v) is 5.28. The summed E-state index contributed by atoms with van der Waals surface area (Å²) >= 11 is 4.42. The zero-order chi connectivity index (χ0) is 19.4. The average molecular weight is 387 g/mol. The maximum atomic E-state index is 12.7. The number of ether oxygens (including phenoxy) is 1. The molecule has 0 saturated carbocycles. The number of anilines is 2. The minimum atomic E-state index is -0.125. The fraction of sp³-hybridized carbons (Fsp3) is 0.400. The van der Waals surface area contributed by atoms with Crippen LogP contribution in [0.1, 0.15) is 16.8 Å². The number of carbonyl (C=O) groups excluding carboxylic acids is 1. The van der Waals surface area contributed by atoms with Crippen molar-refractivity contribution in [2.75, 3.05) is 43.5 Å². The molecule has 0 bridgehead atoms. The predicted molar refractivity (Wildman–Crippen MR) is 112 cm³/mol. The van der Waals surface area contributed by atoms with Crippen LogP contribution in [0.15, 0.2) is 30.3 Å². The molecule has 6 nitrogen and oxygen atoms in total. The molecule has 0 unspecified atom stereocenters. The lowest BCUT2D eigenvalue weighted by Crippen LogP contribution is -2.50. The number of methoxy groups -OCH3 is 1. The highest BCUT2D eigenvalue weighted by Crippen LogP contribution is 2.26. The molecular weight excluding hydrogens is 360 g/mol. The molecule has 3 rings (SSSR count). The molecule has 0 atom stereocenters. The monoisotopic (exact) mass is 386 g/mol. The lowest BCUT2D eigenvalue weighted by Gasteiger charge is -2.37. The summed E-state index contributed by atoms with van der Waals surface area (Å²) in [4.78, 5) is 21.2. The fourth-order valence-corrected chi connectivity index (χ4v) is 3.49. The number of pyridine rings is 1. The van der Waals surface area contributed by atoms with E-state index in [4.69, 9.17) is 4.74 Å². The van der Waals surface area contributed by atoms with Crippen molar-refractivity contribution < 1.29 is 9.53 Å². The Morgan fingerprint density at radius 3 is 2.59 bits per heavy atom. The van der Waals surface area contributed by atoms with Crippen LogP contribution in [0.2, 0.25) is 0 Å². The van der Waals surface area contributed by atoms with Crippen molar-refractivity contribution in [2.45, 2.75) is 19.6 Å². The van der Waals surface area contributed by atoms with E-state index in [-0.39, 0.29) is 6.03 Å². The van der Waals surface area contributed by atoms with Crippen LogP contribution >= 0.6 is 12.6 Å².